The molecule has 0 radical (unpaired) electrons. The van der Waals surface area contributed by atoms with Gasteiger partial charge in [0.05, 0.1) is 0 Å². The first-order valence-corrected chi connectivity index (χ1v) is 9.10. The van der Waals surface area contributed by atoms with Gasteiger partial charge >= 0.3 is 0 Å². The van der Waals surface area contributed by atoms with Gasteiger partial charge in [-0.2, -0.15) is 0 Å². The molecule has 0 N–H and O–H groups in total. The summed E-state index contributed by atoms with van der Waals surface area (Å²) in [4.78, 5) is 15.0. The molecule has 1 atom stereocenters. The Kier molecular flexibility index (Phi) is 5.17. The topological polar surface area (TPSA) is 20.3 Å². The van der Waals surface area contributed by atoms with E-state index in [1.165, 1.54) is 56.1 Å². The lowest BCUT2D eigenvalue weighted by molar-refractivity contribution is -0.133. The second-order valence-corrected chi connectivity index (χ2v) is 7.21. The van der Waals surface area contributed by atoms with Gasteiger partial charge in [0.15, 0.2) is 0 Å². The highest BCUT2D eigenvalue weighted by Crippen LogP contribution is 2.29. The summed E-state index contributed by atoms with van der Waals surface area (Å²) in [7, 11) is 0. The second kappa shape index (κ2) is 7.30. The molecule has 1 aliphatic carbocycles. The fraction of sp³-hybridized carbons (Fsp3) is 0.650. The fourth-order valence-electron chi connectivity index (χ4n) is 4.07. The van der Waals surface area contributed by atoms with Crippen molar-refractivity contribution < 1.29 is 4.79 Å². The van der Waals surface area contributed by atoms with Crippen molar-refractivity contribution in [2.75, 3.05) is 6.54 Å². The first-order valence-electron chi connectivity index (χ1n) is 9.10. The van der Waals surface area contributed by atoms with E-state index in [1.54, 1.807) is 0 Å². The van der Waals surface area contributed by atoms with Crippen molar-refractivity contribution in [2.24, 2.45) is 5.92 Å². The van der Waals surface area contributed by atoms with Crippen LogP contribution in [0.1, 0.15) is 62.5 Å². The maximum atomic E-state index is 12.8. The first kappa shape index (κ1) is 15.6. The summed E-state index contributed by atoms with van der Waals surface area (Å²) in [5.41, 5.74) is 2.60. The molecule has 1 saturated heterocycles. The van der Waals surface area contributed by atoms with Crippen LogP contribution < -0.4 is 0 Å². The number of benzene rings is 1. The van der Waals surface area contributed by atoms with Crippen LogP contribution in [-0.2, 0) is 11.2 Å². The van der Waals surface area contributed by atoms with Gasteiger partial charge in [0.1, 0.15) is 0 Å². The summed E-state index contributed by atoms with van der Waals surface area (Å²) in [6.07, 6.45) is 11.1. The fourth-order valence-corrected chi connectivity index (χ4v) is 4.07. The lowest BCUT2D eigenvalue weighted by atomic mass is 9.95. The molecule has 1 aliphatic heterocycles. The zero-order valence-corrected chi connectivity index (χ0v) is 13.9. The lowest BCUT2D eigenvalue weighted by Gasteiger charge is -2.30. The van der Waals surface area contributed by atoms with Crippen LogP contribution in [-0.4, -0.2) is 23.4 Å². The highest BCUT2D eigenvalue weighted by molar-refractivity contribution is 5.81. The van der Waals surface area contributed by atoms with Crippen molar-refractivity contribution in [1.29, 1.82) is 0 Å². The summed E-state index contributed by atoms with van der Waals surface area (Å²) in [5.74, 6) is 0.638. The molecule has 2 fully saturated rings. The Balaban J connectivity index is 1.60. The number of hydrogen-bond donors (Lipinski definition) is 0. The Morgan fingerprint density at radius 1 is 0.955 bits per heavy atom. The van der Waals surface area contributed by atoms with Gasteiger partial charge in [-0.25, -0.2) is 0 Å². The van der Waals surface area contributed by atoms with E-state index in [4.69, 9.17) is 0 Å². The molecule has 1 unspecified atom stereocenters. The molecule has 1 saturated carbocycles. The lowest BCUT2D eigenvalue weighted by Crippen LogP contribution is -2.38. The van der Waals surface area contributed by atoms with Gasteiger partial charge in [0.2, 0.25) is 5.91 Å². The summed E-state index contributed by atoms with van der Waals surface area (Å²) in [6.45, 7) is 3.10. The van der Waals surface area contributed by atoms with Gasteiger partial charge in [-0.05, 0) is 38.2 Å². The summed E-state index contributed by atoms with van der Waals surface area (Å²) in [5, 5.41) is 0. The minimum absolute atomic E-state index is 0.216. The van der Waals surface area contributed by atoms with E-state index in [-0.39, 0.29) is 5.92 Å². The average Bonchev–Trinajstić information content (AvgIpc) is 2.83. The van der Waals surface area contributed by atoms with Gasteiger partial charge in [-0.3, -0.25) is 4.79 Å². The van der Waals surface area contributed by atoms with Crippen LogP contribution in [0.2, 0.25) is 0 Å². The Hall–Kier alpha value is -1.31. The van der Waals surface area contributed by atoms with Crippen LogP contribution in [0, 0.1) is 12.8 Å². The number of carbonyl (C=O) groups is 1. The van der Waals surface area contributed by atoms with E-state index in [1.807, 2.05) is 0 Å². The van der Waals surface area contributed by atoms with Crippen molar-refractivity contribution in [3.05, 3.63) is 35.4 Å². The Morgan fingerprint density at radius 3 is 2.27 bits per heavy atom. The number of aryl methyl sites for hydroxylation is 1. The predicted octanol–water partition coefficient (Wildman–Crippen LogP) is 4.50. The number of likely N-dealkylation sites (tertiary alicyclic amines) is 1. The predicted molar refractivity (Wildman–Crippen MR) is 90.8 cm³/mol. The summed E-state index contributed by atoms with van der Waals surface area (Å²) >= 11 is 0. The Morgan fingerprint density at radius 2 is 1.59 bits per heavy atom. The number of carbonyl (C=O) groups excluding carboxylic acids is 1. The average molecular weight is 299 g/mol. The van der Waals surface area contributed by atoms with Gasteiger partial charge in [-0.15, -0.1) is 0 Å². The van der Waals surface area contributed by atoms with Gasteiger partial charge in [0, 0.05) is 18.5 Å². The standard InChI is InChI=1S/C20H29NO/c1-16-9-11-17(12-10-16)15-18-13-14-21(20(18)22)19-7-5-3-2-4-6-8-19/h9-12,18-19H,2-8,13-15H2,1H3. The van der Waals surface area contributed by atoms with Crippen LogP contribution in [0.5, 0.6) is 0 Å². The molecular weight excluding hydrogens is 270 g/mol. The van der Waals surface area contributed by atoms with Crippen molar-refractivity contribution in [3.63, 3.8) is 0 Å². The third-order valence-electron chi connectivity index (χ3n) is 5.47. The molecule has 22 heavy (non-hydrogen) atoms. The highest BCUT2D eigenvalue weighted by Gasteiger charge is 2.35. The molecule has 1 amide bonds. The van der Waals surface area contributed by atoms with Crippen molar-refractivity contribution in [1.82, 2.24) is 4.90 Å². The van der Waals surface area contributed by atoms with Crippen LogP contribution in [0.4, 0.5) is 0 Å². The van der Waals surface area contributed by atoms with Gasteiger partial charge in [-0.1, -0.05) is 61.9 Å². The molecule has 2 aliphatic rings. The van der Waals surface area contributed by atoms with Crippen LogP contribution >= 0.6 is 0 Å². The Bertz CT molecular complexity index is 485. The van der Waals surface area contributed by atoms with Gasteiger partial charge in [0.25, 0.3) is 0 Å². The van der Waals surface area contributed by atoms with Crippen molar-refractivity contribution in [2.45, 2.75) is 70.8 Å². The van der Waals surface area contributed by atoms with Crippen molar-refractivity contribution in [3.8, 4) is 0 Å². The molecule has 1 heterocycles. The largest absolute Gasteiger partial charge is 0.339 e. The molecule has 2 nitrogen and oxygen atoms in total. The number of nitrogens with zero attached hydrogens (tertiary/aromatic N) is 1. The van der Waals surface area contributed by atoms with E-state index in [0.29, 0.717) is 11.9 Å². The molecule has 0 bridgehead atoms. The molecule has 0 aromatic heterocycles. The van der Waals surface area contributed by atoms with Gasteiger partial charge < -0.3 is 4.90 Å². The van der Waals surface area contributed by atoms with E-state index >= 15 is 0 Å². The smallest absolute Gasteiger partial charge is 0.226 e. The highest BCUT2D eigenvalue weighted by atomic mass is 16.2. The quantitative estimate of drug-likeness (QED) is 0.804. The molecule has 3 rings (SSSR count). The normalized spacial score (nSPS) is 24.3. The molecular formula is C20H29NO. The molecule has 1 aromatic rings. The van der Waals surface area contributed by atoms with Crippen molar-refractivity contribution >= 4 is 5.91 Å². The molecule has 120 valence electrons. The summed E-state index contributed by atoms with van der Waals surface area (Å²) in [6, 6.07) is 9.20. The Labute approximate surface area is 134 Å². The number of hydrogen-bond acceptors (Lipinski definition) is 1. The minimum Gasteiger partial charge on any atom is -0.339 e. The minimum atomic E-state index is 0.216. The third-order valence-corrected chi connectivity index (χ3v) is 5.47. The monoisotopic (exact) mass is 299 g/mol. The zero-order chi connectivity index (χ0) is 15.4. The maximum absolute atomic E-state index is 12.8. The number of amides is 1. The maximum Gasteiger partial charge on any atom is 0.226 e. The van der Waals surface area contributed by atoms with E-state index in [2.05, 4.69) is 36.1 Å². The SMILES string of the molecule is Cc1ccc(CC2CCN(C3CCCCCCC3)C2=O)cc1. The summed E-state index contributed by atoms with van der Waals surface area (Å²) < 4.78 is 0. The van der Waals surface area contributed by atoms with E-state index in [9.17, 15) is 4.79 Å². The van der Waals surface area contributed by atoms with E-state index < -0.39 is 0 Å². The second-order valence-electron chi connectivity index (χ2n) is 7.21. The van der Waals surface area contributed by atoms with E-state index in [0.717, 1.165) is 19.4 Å². The number of rotatable bonds is 3. The first-order chi connectivity index (χ1) is 10.7. The molecule has 2 heteroatoms. The van der Waals surface area contributed by atoms with Crippen LogP contribution in [0.15, 0.2) is 24.3 Å². The zero-order valence-electron chi connectivity index (χ0n) is 13.9. The van der Waals surface area contributed by atoms with Crippen LogP contribution in [0.3, 0.4) is 0 Å². The molecule has 1 aromatic carbocycles. The van der Waals surface area contributed by atoms with Crippen LogP contribution in [0.25, 0.3) is 0 Å². The third kappa shape index (κ3) is 3.71. The molecule has 0 spiro atoms.